The quantitative estimate of drug-likeness (QED) is 0.897. The van der Waals surface area contributed by atoms with Crippen molar-refractivity contribution in [2.45, 2.75) is 18.9 Å². The van der Waals surface area contributed by atoms with Gasteiger partial charge < -0.3 is 16.0 Å². The molecule has 25 heavy (non-hydrogen) atoms. The van der Waals surface area contributed by atoms with Crippen molar-refractivity contribution in [2.24, 2.45) is 5.73 Å². The highest BCUT2D eigenvalue weighted by Crippen LogP contribution is 2.28. The van der Waals surface area contributed by atoms with Crippen molar-refractivity contribution in [1.29, 1.82) is 0 Å². The molecule has 3 rings (SSSR count). The molecule has 2 aromatic carbocycles. The lowest BCUT2D eigenvalue weighted by Gasteiger charge is -2.22. The van der Waals surface area contributed by atoms with E-state index in [0.717, 1.165) is 0 Å². The number of urea groups is 1. The van der Waals surface area contributed by atoms with E-state index in [2.05, 4.69) is 5.32 Å². The molecule has 1 atom stereocenters. The van der Waals surface area contributed by atoms with Crippen LogP contribution in [-0.2, 0) is 4.79 Å². The van der Waals surface area contributed by atoms with Crippen molar-refractivity contribution in [3.05, 3.63) is 54.1 Å². The Morgan fingerprint density at radius 1 is 1.12 bits per heavy atom. The van der Waals surface area contributed by atoms with Crippen LogP contribution in [0.5, 0.6) is 0 Å². The molecule has 0 aromatic heterocycles. The smallest absolute Gasteiger partial charge is 0.322 e. The molecule has 1 aliphatic heterocycles. The Labute approximate surface area is 143 Å². The Morgan fingerprint density at radius 3 is 2.48 bits per heavy atom. The first kappa shape index (κ1) is 16.9. The van der Waals surface area contributed by atoms with Crippen molar-refractivity contribution in [1.82, 2.24) is 4.90 Å². The maximum atomic E-state index is 13.9. The van der Waals surface area contributed by atoms with Crippen LogP contribution in [0.3, 0.4) is 0 Å². The molecule has 3 amide bonds. The van der Waals surface area contributed by atoms with Crippen LogP contribution in [0.1, 0.15) is 12.8 Å². The average Bonchev–Trinajstić information content (AvgIpc) is 3.05. The predicted octanol–water partition coefficient (Wildman–Crippen LogP) is 3.11. The highest BCUT2D eigenvalue weighted by atomic mass is 19.1. The predicted molar refractivity (Wildman–Crippen MR) is 89.7 cm³/mol. The molecule has 130 valence electrons. The Bertz CT molecular complexity index is 805. The Hall–Kier alpha value is -2.96. The van der Waals surface area contributed by atoms with E-state index in [1.807, 2.05) is 0 Å². The van der Waals surface area contributed by atoms with Crippen LogP contribution < -0.4 is 11.1 Å². The van der Waals surface area contributed by atoms with Crippen LogP contribution in [0.4, 0.5) is 19.3 Å². The van der Waals surface area contributed by atoms with Gasteiger partial charge in [0.2, 0.25) is 5.91 Å². The second kappa shape index (κ2) is 6.88. The van der Waals surface area contributed by atoms with E-state index in [1.54, 1.807) is 18.2 Å². The van der Waals surface area contributed by atoms with Crippen LogP contribution in [0.15, 0.2) is 42.5 Å². The molecular weight excluding hydrogens is 328 g/mol. The fourth-order valence-electron chi connectivity index (χ4n) is 3.03. The third-order valence-electron chi connectivity index (χ3n) is 4.21. The molecule has 3 N–H and O–H groups in total. The number of benzene rings is 2. The summed E-state index contributed by atoms with van der Waals surface area (Å²) in [6, 6.07) is 8.77. The van der Waals surface area contributed by atoms with Gasteiger partial charge in [-0.3, -0.25) is 4.79 Å². The second-order valence-corrected chi connectivity index (χ2v) is 5.86. The molecule has 1 heterocycles. The van der Waals surface area contributed by atoms with Crippen LogP contribution in [0.25, 0.3) is 11.1 Å². The number of nitrogens with zero attached hydrogens (tertiary/aromatic N) is 1. The van der Waals surface area contributed by atoms with Crippen LogP contribution in [-0.4, -0.2) is 29.4 Å². The molecule has 0 spiro atoms. The van der Waals surface area contributed by atoms with Gasteiger partial charge in [-0.25, -0.2) is 13.6 Å². The second-order valence-electron chi connectivity index (χ2n) is 5.86. The summed E-state index contributed by atoms with van der Waals surface area (Å²) in [5.74, 6) is -1.91. The summed E-state index contributed by atoms with van der Waals surface area (Å²) in [7, 11) is 0. The molecule has 1 saturated heterocycles. The first-order valence-electron chi connectivity index (χ1n) is 7.89. The van der Waals surface area contributed by atoms with Gasteiger partial charge in [0.05, 0.1) is 5.56 Å². The lowest BCUT2D eigenvalue weighted by Crippen LogP contribution is -2.45. The molecule has 1 fully saturated rings. The number of amides is 3. The monoisotopic (exact) mass is 345 g/mol. The highest BCUT2D eigenvalue weighted by Gasteiger charge is 2.32. The molecule has 0 radical (unpaired) electrons. The van der Waals surface area contributed by atoms with Crippen LogP contribution in [0, 0.1) is 11.6 Å². The van der Waals surface area contributed by atoms with Crippen molar-refractivity contribution in [2.75, 3.05) is 11.9 Å². The number of hydrogen-bond acceptors (Lipinski definition) is 2. The zero-order chi connectivity index (χ0) is 18.0. The number of rotatable bonds is 3. The van der Waals surface area contributed by atoms with Gasteiger partial charge in [-0.1, -0.05) is 18.2 Å². The minimum absolute atomic E-state index is 0.158. The van der Waals surface area contributed by atoms with E-state index in [-0.39, 0.29) is 5.56 Å². The fourth-order valence-corrected chi connectivity index (χ4v) is 3.03. The van der Waals surface area contributed by atoms with Crippen LogP contribution in [0.2, 0.25) is 0 Å². The molecule has 1 aliphatic rings. The lowest BCUT2D eigenvalue weighted by molar-refractivity contribution is -0.121. The molecular formula is C18H17F2N3O2. The molecule has 0 bridgehead atoms. The van der Waals surface area contributed by atoms with Crippen LogP contribution >= 0.6 is 0 Å². The summed E-state index contributed by atoms with van der Waals surface area (Å²) in [6.07, 6.45) is 1.23. The summed E-state index contributed by atoms with van der Waals surface area (Å²) < 4.78 is 27.9. The van der Waals surface area contributed by atoms with Gasteiger partial charge in [0.15, 0.2) is 0 Å². The SMILES string of the molecule is NC(=O)[C@@H]1CCCN1C(=O)Nc1cccc(-c2c(F)cccc2F)c1. The first-order chi connectivity index (χ1) is 12.0. The Balaban J connectivity index is 1.83. The maximum absolute atomic E-state index is 13.9. The molecule has 7 heteroatoms. The summed E-state index contributed by atoms with van der Waals surface area (Å²) in [5.41, 5.74) is 5.83. The number of primary amides is 1. The number of carbonyl (C=O) groups is 2. The fraction of sp³-hybridized carbons (Fsp3) is 0.222. The molecule has 0 unspecified atom stereocenters. The van der Waals surface area contributed by atoms with E-state index in [9.17, 15) is 18.4 Å². The van der Waals surface area contributed by atoms with Gasteiger partial charge in [0.1, 0.15) is 17.7 Å². The summed E-state index contributed by atoms with van der Waals surface area (Å²) >= 11 is 0. The number of hydrogen-bond donors (Lipinski definition) is 2. The number of carbonyl (C=O) groups excluding carboxylic acids is 2. The van der Waals surface area contributed by atoms with E-state index in [1.165, 1.54) is 29.2 Å². The lowest BCUT2D eigenvalue weighted by atomic mass is 10.0. The minimum Gasteiger partial charge on any atom is -0.368 e. The molecule has 0 saturated carbocycles. The number of likely N-dealkylation sites (tertiary alicyclic amines) is 1. The summed E-state index contributed by atoms with van der Waals surface area (Å²) in [5, 5.41) is 2.65. The van der Waals surface area contributed by atoms with Gasteiger partial charge >= 0.3 is 6.03 Å². The van der Waals surface area contributed by atoms with E-state index in [4.69, 9.17) is 5.73 Å². The molecule has 0 aliphatic carbocycles. The number of nitrogens with two attached hydrogens (primary N) is 1. The van der Waals surface area contributed by atoms with Crippen molar-refractivity contribution >= 4 is 17.6 Å². The summed E-state index contributed by atoms with van der Waals surface area (Å²) in [4.78, 5) is 25.1. The topological polar surface area (TPSA) is 75.4 Å². The van der Waals surface area contributed by atoms with Crippen molar-refractivity contribution < 1.29 is 18.4 Å². The first-order valence-corrected chi connectivity index (χ1v) is 7.89. The van der Waals surface area contributed by atoms with E-state index < -0.39 is 29.6 Å². The van der Waals surface area contributed by atoms with Gasteiger partial charge in [-0.2, -0.15) is 0 Å². The third-order valence-corrected chi connectivity index (χ3v) is 4.21. The summed E-state index contributed by atoms with van der Waals surface area (Å²) in [6.45, 7) is 0.432. The third kappa shape index (κ3) is 3.45. The van der Waals surface area contributed by atoms with Crippen molar-refractivity contribution in [3.63, 3.8) is 0 Å². The highest BCUT2D eigenvalue weighted by molar-refractivity contribution is 5.94. The molecule has 5 nitrogen and oxygen atoms in total. The van der Waals surface area contributed by atoms with Gasteiger partial charge in [-0.05, 0) is 42.7 Å². The van der Waals surface area contributed by atoms with E-state index in [0.29, 0.717) is 30.6 Å². The van der Waals surface area contributed by atoms with E-state index >= 15 is 0 Å². The largest absolute Gasteiger partial charge is 0.368 e. The number of halogens is 2. The minimum atomic E-state index is -0.684. The Morgan fingerprint density at radius 2 is 1.80 bits per heavy atom. The van der Waals surface area contributed by atoms with Crippen molar-refractivity contribution in [3.8, 4) is 11.1 Å². The maximum Gasteiger partial charge on any atom is 0.322 e. The van der Waals surface area contributed by atoms with Gasteiger partial charge in [0, 0.05) is 12.2 Å². The molecule has 2 aromatic rings. The zero-order valence-electron chi connectivity index (χ0n) is 13.3. The average molecular weight is 345 g/mol. The number of nitrogens with one attached hydrogen (secondary N) is 1. The van der Waals surface area contributed by atoms with Gasteiger partial charge in [0.25, 0.3) is 0 Å². The Kier molecular flexibility index (Phi) is 4.65. The number of anilines is 1. The normalized spacial score (nSPS) is 16.7. The van der Waals surface area contributed by atoms with Gasteiger partial charge in [-0.15, -0.1) is 0 Å². The standard InChI is InChI=1S/C18H17F2N3O2/c19-13-6-2-7-14(20)16(13)11-4-1-5-12(10-11)22-18(25)23-9-3-8-15(23)17(21)24/h1-2,4-7,10,15H,3,8-9H2,(H2,21,24)(H,22,25)/t15-/m0/s1. The zero-order valence-corrected chi connectivity index (χ0v) is 13.3.